The smallest absolute Gasteiger partial charge is 0.407 e. The first-order valence-corrected chi connectivity index (χ1v) is 12.6. The van der Waals surface area contributed by atoms with E-state index in [9.17, 15) is 14.4 Å². The van der Waals surface area contributed by atoms with Crippen LogP contribution in [-0.2, 0) is 14.3 Å². The van der Waals surface area contributed by atoms with E-state index in [4.69, 9.17) is 9.84 Å². The Balaban J connectivity index is 1.20. The molecule has 2 fully saturated rings. The molecule has 7 heteroatoms. The lowest BCUT2D eigenvalue weighted by Crippen LogP contribution is -2.48. The molecule has 35 heavy (non-hydrogen) atoms. The van der Waals surface area contributed by atoms with Gasteiger partial charge >= 0.3 is 12.1 Å². The average Bonchev–Trinajstić information content (AvgIpc) is 3.42. The SMILES string of the molecule is O=C(O)CCC(NC(=O)OCC1c2ccccc2-c2ccccc21)C(=O)NCC1CCCC12CC2. The number of carboxylic acid groups (broad SMARTS) is 1. The van der Waals surface area contributed by atoms with Gasteiger partial charge in [0.15, 0.2) is 0 Å². The predicted molar refractivity (Wildman–Crippen MR) is 131 cm³/mol. The molecule has 2 saturated carbocycles. The van der Waals surface area contributed by atoms with E-state index in [2.05, 4.69) is 22.8 Å². The van der Waals surface area contributed by atoms with Gasteiger partial charge < -0.3 is 20.5 Å². The molecule has 0 bridgehead atoms. The molecular formula is C28H32N2O5. The number of carbonyl (C=O) groups is 3. The van der Waals surface area contributed by atoms with Gasteiger partial charge in [0.05, 0.1) is 0 Å². The van der Waals surface area contributed by atoms with Crippen LogP contribution >= 0.6 is 0 Å². The van der Waals surface area contributed by atoms with Crippen molar-refractivity contribution in [1.82, 2.24) is 10.6 Å². The Morgan fingerprint density at radius 3 is 2.29 bits per heavy atom. The van der Waals surface area contributed by atoms with Gasteiger partial charge in [0.1, 0.15) is 12.6 Å². The van der Waals surface area contributed by atoms with Crippen LogP contribution in [0, 0.1) is 11.3 Å². The number of carboxylic acids is 1. The molecule has 7 nitrogen and oxygen atoms in total. The molecular weight excluding hydrogens is 444 g/mol. The Morgan fingerprint density at radius 2 is 1.66 bits per heavy atom. The maximum absolute atomic E-state index is 12.9. The molecule has 3 N–H and O–H groups in total. The number of hydrogen-bond donors (Lipinski definition) is 3. The Morgan fingerprint density at radius 1 is 1.00 bits per heavy atom. The highest BCUT2D eigenvalue weighted by Gasteiger charge is 2.51. The molecule has 3 aliphatic carbocycles. The quantitative estimate of drug-likeness (QED) is 0.496. The van der Waals surface area contributed by atoms with Crippen LogP contribution in [0.2, 0.25) is 0 Å². The Labute approximate surface area is 205 Å². The zero-order chi connectivity index (χ0) is 24.4. The van der Waals surface area contributed by atoms with Crippen LogP contribution in [0.15, 0.2) is 48.5 Å². The molecule has 0 radical (unpaired) electrons. The maximum atomic E-state index is 12.9. The van der Waals surface area contributed by atoms with E-state index >= 15 is 0 Å². The molecule has 184 valence electrons. The number of rotatable bonds is 9. The lowest BCUT2D eigenvalue weighted by Gasteiger charge is -2.22. The van der Waals surface area contributed by atoms with Crippen molar-refractivity contribution in [1.29, 1.82) is 0 Å². The van der Waals surface area contributed by atoms with E-state index < -0.39 is 18.1 Å². The molecule has 3 aliphatic rings. The van der Waals surface area contributed by atoms with E-state index in [0.29, 0.717) is 17.9 Å². The number of alkyl carbamates (subject to hydrolysis) is 1. The summed E-state index contributed by atoms with van der Waals surface area (Å²) >= 11 is 0. The molecule has 2 unspecified atom stereocenters. The second kappa shape index (κ2) is 9.72. The number of hydrogen-bond acceptors (Lipinski definition) is 4. The van der Waals surface area contributed by atoms with E-state index in [0.717, 1.165) is 28.7 Å². The van der Waals surface area contributed by atoms with Gasteiger partial charge in [0.25, 0.3) is 0 Å². The fourth-order valence-corrected chi connectivity index (χ4v) is 6.01. The van der Waals surface area contributed by atoms with Crippen LogP contribution in [0.5, 0.6) is 0 Å². The second-order valence-corrected chi connectivity index (χ2v) is 10.2. The summed E-state index contributed by atoms with van der Waals surface area (Å²) < 4.78 is 5.57. The van der Waals surface area contributed by atoms with Gasteiger partial charge in [0, 0.05) is 18.9 Å². The normalized spacial score (nSPS) is 20.1. The highest BCUT2D eigenvalue weighted by Crippen LogP contribution is 2.61. The first kappa shape index (κ1) is 23.4. The van der Waals surface area contributed by atoms with E-state index in [1.54, 1.807) is 0 Å². The molecule has 2 amide bonds. The van der Waals surface area contributed by atoms with Gasteiger partial charge in [-0.15, -0.1) is 0 Å². The molecule has 2 aromatic rings. The summed E-state index contributed by atoms with van der Waals surface area (Å²) in [6.45, 7) is 0.715. The Kier molecular flexibility index (Phi) is 6.50. The zero-order valence-electron chi connectivity index (χ0n) is 19.8. The minimum atomic E-state index is -1.01. The molecule has 5 rings (SSSR count). The predicted octanol–water partition coefficient (Wildman–Crippen LogP) is 4.46. The van der Waals surface area contributed by atoms with Gasteiger partial charge in [-0.1, -0.05) is 55.0 Å². The van der Waals surface area contributed by atoms with E-state index in [-0.39, 0.29) is 31.3 Å². The van der Waals surface area contributed by atoms with Crippen LogP contribution in [0.4, 0.5) is 4.79 Å². The van der Waals surface area contributed by atoms with Gasteiger partial charge in [0.2, 0.25) is 5.91 Å². The third-order valence-electron chi connectivity index (χ3n) is 8.11. The number of nitrogens with one attached hydrogen (secondary N) is 2. The molecule has 1 spiro atoms. The monoisotopic (exact) mass is 476 g/mol. The topological polar surface area (TPSA) is 105 Å². The fraction of sp³-hybridized carbons (Fsp3) is 0.464. The summed E-state index contributed by atoms with van der Waals surface area (Å²) in [6, 6.07) is 15.2. The van der Waals surface area contributed by atoms with Crippen molar-refractivity contribution in [2.75, 3.05) is 13.2 Å². The number of aliphatic carboxylic acids is 1. The lowest BCUT2D eigenvalue weighted by molar-refractivity contribution is -0.137. The molecule has 0 aliphatic heterocycles. The average molecular weight is 477 g/mol. The largest absolute Gasteiger partial charge is 0.481 e. The highest BCUT2D eigenvalue weighted by atomic mass is 16.5. The van der Waals surface area contributed by atoms with Gasteiger partial charge in [-0.25, -0.2) is 4.79 Å². The van der Waals surface area contributed by atoms with Crippen molar-refractivity contribution in [3.63, 3.8) is 0 Å². The lowest BCUT2D eigenvalue weighted by atomic mass is 9.93. The van der Waals surface area contributed by atoms with Crippen LogP contribution < -0.4 is 10.6 Å². The van der Waals surface area contributed by atoms with Gasteiger partial charge in [-0.2, -0.15) is 0 Å². The molecule has 0 saturated heterocycles. The number of amides is 2. The molecule has 0 aromatic heterocycles. The number of benzene rings is 2. The molecule has 2 aromatic carbocycles. The summed E-state index contributed by atoms with van der Waals surface area (Å²) in [6.07, 6.45) is 5.09. The molecule has 0 heterocycles. The van der Waals surface area contributed by atoms with Crippen molar-refractivity contribution in [3.05, 3.63) is 59.7 Å². The Hall–Kier alpha value is -3.35. The van der Waals surface area contributed by atoms with Crippen molar-refractivity contribution in [2.45, 2.75) is 56.9 Å². The van der Waals surface area contributed by atoms with E-state index in [1.807, 2.05) is 36.4 Å². The van der Waals surface area contributed by atoms with Crippen LogP contribution in [0.1, 0.15) is 62.0 Å². The van der Waals surface area contributed by atoms with Crippen LogP contribution in [0.3, 0.4) is 0 Å². The van der Waals surface area contributed by atoms with Crippen molar-refractivity contribution in [3.8, 4) is 11.1 Å². The van der Waals surface area contributed by atoms with Crippen molar-refractivity contribution < 1.29 is 24.2 Å². The number of ether oxygens (including phenoxy) is 1. The summed E-state index contributed by atoms with van der Waals surface area (Å²) in [7, 11) is 0. The first-order valence-electron chi connectivity index (χ1n) is 12.6. The fourth-order valence-electron chi connectivity index (χ4n) is 6.01. The summed E-state index contributed by atoms with van der Waals surface area (Å²) in [5, 5.41) is 14.7. The Bertz CT molecular complexity index is 1080. The van der Waals surface area contributed by atoms with Gasteiger partial charge in [-0.3, -0.25) is 9.59 Å². The number of carbonyl (C=O) groups excluding carboxylic acids is 2. The summed E-state index contributed by atoms with van der Waals surface area (Å²) in [5.41, 5.74) is 4.89. The number of fused-ring (bicyclic) bond motifs is 3. The second-order valence-electron chi connectivity index (χ2n) is 10.2. The summed E-state index contributed by atoms with van der Waals surface area (Å²) in [5.74, 6) is -0.968. The highest BCUT2D eigenvalue weighted by molar-refractivity contribution is 5.86. The zero-order valence-corrected chi connectivity index (χ0v) is 19.8. The third-order valence-corrected chi connectivity index (χ3v) is 8.11. The first-order chi connectivity index (χ1) is 17.0. The minimum Gasteiger partial charge on any atom is -0.481 e. The van der Waals surface area contributed by atoms with Crippen LogP contribution in [0.25, 0.3) is 11.1 Å². The summed E-state index contributed by atoms with van der Waals surface area (Å²) in [4.78, 5) is 36.7. The van der Waals surface area contributed by atoms with E-state index in [1.165, 1.54) is 25.7 Å². The van der Waals surface area contributed by atoms with Crippen molar-refractivity contribution in [2.24, 2.45) is 11.3 Å². The maximum Gasteiger partial charge on any atom is 0.407 e. The standard InChI is InChI=1S/C28H32N2O5/c31-25(32)12-11-24(26(33)29-16-18-6-5-13-28(18)14-15-28)30-27(34)35-17-23-21-9-3-1-7-19(21)20-8-2-4-10-22(20)23/h1-4,7-10,18,23-24H,5-6,11-17H2,(H,29,33)(H,30,34)(H,31,32). The van der Waals surface area contributed by atoms with Crippen LogP contribution in [-0.4, -0.2) is 42.3 Å². The molecule has 2 atom stereocenters. The minimum absolute atomic E-state index is 0.0151. The van der Waals surface area contributed by atoms with Gasteiger partial charge in [-0.05, 0) is 65.7 Å². The third kappa shape index (κ3) is 4.90. The van der Waals surface area contributed by atoms with Crippen molar-refractivity contribution >= 4 is 18.0 Å².